The molecule has 1 amide bonds. The van der Waals surface area contributed by atoms with Gasteiger partial charge in [-0.2, -0.15) is 10.5 Å². The molecule has 5 heteroatoms. The van der Waals surface area contributed by atoms with Gasteiger partial charge >= 0.3 is 0 Å². The molecule has 0 saturated carbocycles. The summed E-state index contributed by atoms with van der Waals surface area (Å²) >= 11 is 0. The molecule has 114 valence electrons. The third kappa shape index (κ3) is 5.30. The average molecular weight is 296 g/mol. The lowest BCUT2D eigenvalue weighted by atomic mass is 10.1. The minimum atomic E-state index is -0.368. The van der Waals surface area contributed by atoms with Crippen LogP contribution < -0.4 is 10.2 Å². The third-order valence-corrected chi connectivity index (χ3v) is 2.99. The summed E-state index contributed by atoms with van der Waals surface area (Å²) in [5, 5.41) is 20.4. The van der Waals surface area contributed by atoms with Crippen molar-refractivity contribution in [3.05, 3.63) is 35.4 Å². The highest BCUT2D eigenvalue weighted by molar-refractivity contribution is 6.01. The summed E-state index contributed by atoms with van der Waals surface area (Å²) in [6, 6.07) is 11.5. The molecule has 0 spiro atoms. The molecular weight excluding hydrogens is 276 g/mol. The van der Waals surface area contributed by atoms with Gasteiger partial charge in [0.25, 0.3) is 5.91 Å². The predicted octanol–water partition coefficient (Wildman–Crippen LogP) is 2.47. The van der Waals surface area contributed by atoms with Crippen LogP contribution in [-0.4, -0.2) is 25.5 Å². The van der Waals surface area contributed by atoms with Gasteiger partial charge in [-0.3, -0.25) is 4.79 Å². The van der Waals surface area contributed by atoms with Crippen LogP contribution in [0.3, 0.4) is 0 Å². The summed E-state index contributed by atoms with van der Waals surface area (Å²) < 4.78 is 0. The van der Waals surface area contributed by atoms with E-state index in [1.165, 1.54) is 0 Å². The van der Waals surface area contributed by atoms with Crippen LogP contribution in [0, 0.1) is 22.7 Å². The third-order valence-electron chi connectivity index (χ3n) is 2.99. The Morgan fingerprint density at radius 1 is 1.32 bits per heavy atom. The number of hydrogen-bond donors (Lipinski definition) is 1. The summed E-state index contributed by atoms with van der Waals surface area (Å²) in [6.07, 6.45) is 2.03. The molecule has 0 radical (unpaired) electrons. The Bertz CT molecular complexity index is 618. The topological polar surface area (TPSA) is 79.9 Å². The second-order valence-electron chi connectivity index (χ2n) is 5.22. The molecule has 0 saturated heterocycles. The van der Waals surface area contributed by atoms with Gasteiger partial charge in [0.05, 0.1) is 12.5 Å². The molecule has 0 fully saturated rings. The van der Waals surface area contributed by atoms with Gasteiger partial charge in [-0.15, -0.1) is 0 Å². The number of nitriles is 2. The quantitative estimate of drug-likeness (QED) is 0.646. The molecule has 0 aromatic heterocycles. The van der Waals surface area contributed by atoms with E-state index in [-0.39, 0.29) is 17.5 Å². The fraction of sp³-hybridized carbons (Fsp3) is 0.353. The monoisotopic (exact) mass is 296 g/mol. The Kier molecular flexibility index (Phi) is 6.66. The molecule has 1 N–H and O–H groups in total. The van der Waals surface area contributed by atoms with E-state index >= 15 is 0 Å². The Morgan fingerprint density at radius 3 is 2.45 bits per heavy atom. The van der Waals surface area contributed by atoms with Gasteiger partial charge in [0.15, 0.2) is 0 Å². The van der Waals surface area contributed by atoms with E-state index in [0.29, 0.717) is 13.0 Å². The van der Waals surface area contributed by atoms with E-state index in [2.05, 4.69) is 11.4 Å². The Balaban J connectivity index is 2.85. The van der Waals surface area contributed by atoms with Crippen LogP contribution in [0.15, 0.2) is 29.8 Å². The number of hydrogen-bond acceptors (Lipinski definition) is 4. The maximum atomic E-state index is 11.8. The van der Waals surface area contributed by atoms with Gasteiger partial charge < -0.3 is 10.2 Å². The molecule has 1 aromatic rings. The number of rotatable bonds is 6. The second kappa shape index (κ2) is 8.49. The van der Waals surface area contributed by atoms with Crippen LogP contribution in [-0.2, 0) is 4.79 Å². The standard InChI is InChI=1S/C17H20N4O/c1-13(2)20-17(22)15(12-19)11-14-5-7-16(8-6-14)21(3)10-4-9-18/h5-8,11,13H,4,10H2,1-3H3,(H,20,22)/b15-11+. The number of amides is 1. The van der Waals surface area contributed by atoms with Crippen molar-refractivity contribution >= 4 is 17.7 Å². The van der Waals surface area contributed by atoms with Crippen molar-refractivity contribution in [1.29, 1.82) is 10.5 Å². The molecule has 0 heterocycles. The van der Waals surface area contributed by atoms with Crippen molar-refractivity contribution in [2.75, 3.05) is 18.5 Å². The zero-order valence-corrected chi connectivity index (χ0v) is 13.1. The summed E-state index contributed by atoms with van der Waals surface area (Å²) in [4.78, 5) is 13.8. The van der Waals surface area contributed by atoms with E-state index in [0.717, 1.165) is 11.3 Å². The Hall–Kier alpha value is -2.79. The zero-order valence-electron chi connectivity index (χ0n) is 13.1. The lowest BCUT2D eigenvalue weighted by molar-refractivity contribution is -0.117. The van der Waals surface area contributed by atoms with Gasteiger partial charge in [-0.05, 0) is 37.6 Å². The van der Waals surface area contributed by atoms with Crippen molar-refractivity contribution in [3.63, 3.8) is 0 Å². The maximum absolute atomic E-state index is 11.8. The first kappa shape index (κ1) is 17.3. The van der Waals surface area contributed by atoms with E-state index in [1.54, 1.807) is 6.08 Å². The van der Waals surface area contributed by atoms with Gasteiger partial charge in [-0.1, -0.05) is 12.1 Å². The Morgan fingerprint density at radius 2 is 1.95 bits per heavy atom. The van der Waals surface area contributed by atoms with Crippen LogP contribution in [0.25, 0.3) is 6.08 Å². The summed E-state index contributed by atoms with van der Waals surface area (Å²) in [5.74, 6) is -0.368. The van der Waals surface area contributed by atoms with Gasteiger partial charge in [0, 0.05) is 25.3 Å². The molecule has 1 rings (SSSR count). The number of benzene rings is 1. The highest BCUT2D eigenvalue weighted by Crippen LogP contribution is 2.16. The minimum Gasteiger partial charge on any atom is -0.374 e. The van der Waals surface area contributed by atoms with Crippen molar-refractivity contribution in [2.24, 2.45) is 0 Å². The fourth-order valence-electron chi connectivity index (χ4n) is 1.83. The number of anilines is 1. The highest BCUT2D eigenvalue weighted by atomic mass is 16.1. The van der Waals surface area contributed by atoms with Crippen molar-refractivity contribution in [2.45, 2.75) is 26.3 Å². The molecule has 1 aromatic carbocycles. The van der Waals surface area contributed by atoms with Crippen LogP contribution >= 0.6 is 0 Å². The van der Waals surface area contributed by atoms with Gasteiger partial charge in [0.1, 0.15) is 11.6 Å². The lowest BCUT2D eigenvalue weighted by Gasteiger charge is -2.17. The largest absolute Gasteiger partial charge is 0.374 e. The number of nitrogens with zero attached hydrogens (tertiary/aromatic N) is 3. The molecule has 0 atom stereocenters. The Labute approximate surface area is 131 Å². The van der Waals surface area contributed by atoms with Crippen molar-refractivity contribution in [3.8, 4) is 12.1 Å². The second-order valence-corrected chi connectivity index (χ2v) is 5.22. The van der Waals surface area contributed by atoms with E-state index in [4.69, 9.17) is 10.5 Å². The van der Waals surface area contributed by atoms with Crippen molar-refractivity contribution in [1.82, 2.24) is 5.32 Å². The van der Waals surface area contributed by atoms with E-state index < -0.39 is 0 Å². The normalized spacial score (nSPS) is 10.7. The molecule has 0 aliphatic heterocycles. The molecule has 0 aliphatic rings. The minimum absolute atomic E-state index is 0.0135. The summed E-state index contributed by atoms with van der Waals surface area (Å²) in [6.45, 7) is 4.35. The molecule has 5 nitrogen and oxygen atoms in total. The fourth-order valence-corrected chi connectivity index (χ4v) is 1.83. The van der Waals surface area contributed by atoms with Gasteiger partial charge in [-0.25, -0.2) is 0 Å². The van der Waals surface area contributed by atoms with Crippen molar-refractivity contribution < 1.29 is 4.79 Å². The van der Waals surface area contributed by atoms with Crippen LogP contribution in [0.5, 0.6) is 0 Å². The van der Waals surface area contributed by atoms with E-state index in [9.17, 15) is 4.79 Å². The first-order chi connectivity index (χ1) is 10.5. The average Bonchev–Trinajstić information content (AvgIpc) is 2.50. The maximum Gasteiger partial charge on any atom is 0.262 e. The summed E-state index contributed by atoms with van der Waals surface area (Å²) in [5.41, 5.74) is 1.85. The molecular formula is C17H20N4O. The summed E-state index contributed by atoms with van der Waals surface area (Å²) in [7, 11) is 1.92. The first-order valence-electron chi connectivity index (χ1n) is 7.08. The van der Waals surface area contributed by atoms with Crippen LogP contribution in [0.2, 0.25) is 0 Å². The molecule has 0 aliphatic carbocycles. The molecule has 22 heavy (non-hydrogen) atoms. The van der Waals surface area contributed by atoms with E-state index in [1.807, 2.05) is 56.1 Å². The number of carbonyl (C=O) groups excluding carboxylic acids is 1. The smallest absolute Gasteiger partial charge is 0.262 e. The number of nitrogens with one attached hydrogen (secondary N) is 1. The first-order valence-corrected chi connectivity index (χ1v) is 7.08. The van der Waals surface area contributed by atoms with Crippen LogP contribution in [0.4, 0.5) is 5.69 Å². The molecule has 0 bridgehead atoms. The SMILES string of the molecule is CC(C)NC(=O)/C(C#N)=C/c1ccc(N(C)CCC#N)cc1. The zero-order chi connectivity index (χ0) is 16.5. The van der Waals surface area contributed by atoms with Crippen LogP contribution in [0.1, 0.15) is 25.8 Å². The molecule has 0 unspecified atom stereocenters. The predicted molar refractivity (Wildman–Crippen MR) is 86.8 cm³/mol. The highest BCUT2D eigenvalue weighted by Gasteiger charge is 2.10. The lowest BCUT2D eigenvalue weighted by Crippen LogP contribution is -2.30. The number of carbonyl (C=O) groups is 1. The van der Waals surface area contributed by atoms with Gasteiger partial charge in [0.2, 0.25) is 0 Å².